The zero-order valence-electron chi connectivity index (χ0n) is 20.1. The Balaban J connectivity index is 1.88. The number of aliphatic carboxylic acids is 1. The second kappa shape index (κ2) is 10.3. The van der Waals surface area contributed by atoms with Gasteiger partial charge in [-0.05, 0) is 31.9 Å². The first-order valence-corrected chi connectivity index (χ1v) is 12.6. The van der Waals surface area contributed by atoms with Crippen molar-refractivity contribution in [3.63, 3.8) is 0 Å². The van der Waals surface area contributed by atoms with Gasteiger partial charge in [-0.3, -0.25) is 23.7 Å². The summed E-state index contributed by atoms with van der Waals surface area (Å²) in [6, 6.07) is 8.83. The summed E-state index contributed by atoms with van der Waals surface area (Å²) in [7, 11) is -4.46. The number of ether oxygens (including phenoxy) is 1. The normalized spacial score (nSPS) is 27.4. The standard InChI is InChI=1S/C22H29FN3O9P/c1-13(2)22(4,19(29)30)25-36(32,35-14-8-6-5-7-9-14)33-12-15-17(28)21(3,23)18(34-15)26-11-10-16(27)24-20(26)31/h5-11,13,15,17-18,28H,12H2,1-4H3,(H,25,32)(H,29,30)(H,24,27,31)/t15-,17-,18-,21-,22?,36+/m1/s1. The smallest absolute Gasteiger partial charge is 0.459 e. The molecule has 0 radical (unpaired) electrons. The highest BCUT2D eigenvalue weighted by atomic mass is 31.2. The molecule has 0 spiro atoms. The van der Waals surface area contributed by atoms with Gasteiger partial charge in [0.05, 0.1) is 6.61 Å². The fraction of sp³-hybridized carbons (Fsp3) is 0.500. The number of aromatic nitrogens is 2. The highest BCUT2D eigenvalue weighted by Crippen LogP contribution is 2.49. The van der Waals surface area contributed by atoms with E-state index in [2.05, 4.69) is 5.09 Å². The number of carboxylic acid groups (broad SMARTS) is 1. The van der Waals surface area contributed by atoms with Gasteiger partial charge in [0.25, 0.3) is 5.56 Å². The maximum absolute atomic E-state index is 15.5. The van der Waals surface area contributed by atoms with Crippen molar-refractivity contribution < 1.29 is 37.7 Å². The number of carbonyl (C=O) groups is 1. The van der Waals surface area contributed by atoms with E-state index in [1.165, 1.54) is 19.1 Å². The number of halogens is 1. The number of hydrogen-bond acceptors (Lipinski definition) is 8. The van der Waals surface area contributed by atoms with Crippen molar-refractivity contribution in [1.82, 2.24) is 14.6 Å². The average Bonchev–Trinajstić information content (AvgIpc) is 3.01. The Morgan fingerprint density at radius 2 is 1.97 bits per heavy atom. The Morgan fingerprint density at radius 3 is 2.53 bits per heavy atom. The van der Waals surface area contributed by atoms with E-state index >= 15 is 4.39 Å². The van der Waals surface area contributed by atoms with Crippen LogP contribution >= 0.6 is 7.75 Å². The Kier molecular flexibility index (Phi) is 7.92. The monoisotopic (exact) mass is 529 g/mol. The highest BCUT2D eigenvalue weighted by Gasteiger charge is 2.56. The van der Waals surface area contributed by atoms with Gasteiger partial charge in [-0.25, -0.2) is 13.8 Å². The summed E-state index contributed by atoms with van der Waals surface area (Å²) < 4.78 is 46.5. The van der Waals surface area contributed by atoms with Crippen molar-refractivity contribution in [2.75, 3.05) is 6.61 Å². The molecule has 1 aliphatic rings. The number of aliphatic hydroxyl groups is 1. The summed E-state index contributed by atoms with van der Waals surface area (Å²) in [5.74, 6) is -1.78. The number of alkyl halides is 1. The lowest BCUT2D eigenvalue weighted by molar-refractivity contribution is -0.145. The molecule has 0 saturated carbocycles. The zero-order chi connectivity index (χ0) is 26.9. The van der Waals surface area contributed by atoms with Gasteiger partial charge in [0.2, 0.25) is 0 Å². The Morgan fingerprint density at radius 1 is 1.33 bits per heavy atom. The van der Waals surface area contributed by atoms with Crippen molar-refractivity contribution >= 4 is 13.7 Å². The summed E-state index contributed by atoms with van der Waals surface area (Å²) >= 11 is 0. The molecular weight excluding hydrogens is 500 g/mol. The van der Waals surface area contributed by atoms with Crippen LogP contribution in [0.25, 0.3) is 0 Å². The second-order valence-corrected chi connectivity index (χ2v) is 10.8. The first-order chi connectivity index (χ1) is 16.7. The zero-order valence-corrected chi connectivity index (χ0v) is 21.0. The fourth-order valence-corrected chi connectivity index (χ4v) is 5.37. The number of carboxylic acids is 1. The maximum Gasteiger partial charge on any atom is 0.459 e. The third-order valence-electron chi connectivity index (χ3n) is 6.17. The van der Waals surface area contributed by atoms with Crippen LogP contribution in [0, 0.1) is 5.92 Å². The third kappa shape index (κ3) is 5.60. The lowest BCUT2D eigenvalue weighted by Gasteiger charge is -2.33. The first-order valence-electron chi connectivity index (χ1n) is 11.1. The van der Waals surface area contributed by atoms with Crippen molar-refractivity contribution in [2.24, 2.45) is 5.92 Å². The fourth-order valence-electron chi connectivity index (χ4n) is 3.54. The Bertz CT molecular complexity index is 1250. The predicted octanol–water partition coefficient (Wildman–Crippen LogP) is 1.82. The maximum atomic E-state index is 15.5. The van der Waals surface area contributed by atoms with Crippen LogP contribution in [0.15, 0.2) is 52.2 Å². The van der Waals surface area contributed by atoms with Gasteiger partial charge in [-0.1, -0.05) is 32.0 Å². The van der Waals surface area contributed by atoms with Crippen LogP contribution in [0.4, 0.5) is 4.39 Å². The molecule has 1 aliphatic heterocycles. The minimum absolute atomic E-state index is 0.103. The van der Waals surface area contributed by atoms with Crippen LogP contribution in [-0.2, 0) is 18.6 Å². The number of nitrogens with zero attached hydrogens (tertiary/aromatic N) is 1. The van der Waals surface area contributed by atoms with E-state index in [-0.39, 0.29) is 5.75 Å². The lowest BCUT2D eigenvalue weighted by Crippen LogP contribution is -2.53. The average molecular weight is 529 g/mol. The number of aliphatic hydroxyl groups excluding tert-OH is 1. The summed E-state index contributed by atoms with van der Waals surface area (Å²) in [6.07, 6.45) is -3.91. The van der Waals surface area contributed by atoms with Gasteiger partial charge < -0.3 is 19.5 Å². The predicted molar refractivity (Wildman–Crippen MR) is 125 cm³/mol. The number of aromatic amines is 1. The van der Waals surface area contributed by atoms with E-state index in [0.29, 0.717) is 0 Å². The van der Waals surface area contributed by atoms with Crippen molar-refractivity contribution in [2.45, 2.75) is 57.3 Å². The molecule has 36 heavy (non-hydrogen) atoms. The molecule has 0 amide bonds. The van der Waals surface area contributed by atoms with E-state index in [4.69, 9.17) is 13.8 Å². The molecule has 0 bridgehead atoms. The van der Waals surface area contributed by atoms with Gasteiger partial charge >= 0.3 is 19.4 Å². The summed E-state index contributed by atoms with van der Waals surface area (Å²) in [5, 5.41) is 22.8. The highest BCUT2D eigenvalue weighted by molar-refractivity contribution is 7.52. The molecule has 2 aromatic rings. The van der Waals surface area contributed by atoms with E-state index in [9.17, 15) is 29.2 Å². The molecule has 12 nitrogen and oxygen atoms in total. The van der Waals surface area contributed by atoms with Crippen LogP contribution in [0.2, 0.25) is 0 Å². The minimum Gasteiger partial charge on any atom is -0.480 e. The van der Waals surface area contributed by atoms with Gasteiger partial charge in [0, 0.05) is 12.3 Å². The summed E-state index contributed by atoms with van der Waals surface area (Å²) in [5.41, 5.74) is -5.92. The largest absolute Gasteiger partial charge is 0.480 e. The number of nitrogens with one attached hydrogen (secondary N) is 2. The van der Waals surface area contributed by atoms with Crippen LogP contribution in [0.3, 0.4) is 0 Å². The number of rotatable bonds is 10. The first kappa shape index (κ1) is 27.8. The van der Waals surface area contributed by atoms with E-state index < -0.39 is 67.1 Å². The van der Waals surface area contributed by atoms with Crippen molar-refractivity contribution in [1.29, 1.82) is 0 Å². The van der Waals surface area contributed by atoms with E-state index in [1.54, 1.807) is 32.0 Å². The van der Waals surface area contributed by atoms with E-state index in [0.717, 1.165) is 23.8 Å². The molecule has 6 atom stereocenters. The van der Waals surface area contributed by atoms with Gasteiger partial charge in [0.1, 0.15) is 23.5 Å². The molecule has 4 N–H and O–H groups in total. The molecule has 198 valence electrons. The molecule has 3 rings (SSSR count). The minimum atomic E-state index is -4.46. The lowest BCUT2D eigenvalue weighted by atomic mass is 9.90. The molecule has 1 aromatic heterocycles. The Labute approximate surface area is 205 Å². The quantitative estimate of drug-likeness (QED) is 0.333. The number of hydrogen-bond donors (Lipinski definition) is 4. The number of para-hydroxylation sites is 1. The van der Waals surface area contributed by atoms with Gasteiger partial charge in [-0.15, -0.1) is 0 Å². The van der Waals surface area contributed by atoms with Gasteiger partial charge in [0.15, 0.2) is 11.9 Å². The molecule has 1 saturated heterocycles. The van der Waals surface area contributed by atoms with E-state index in [1.807, 2.05) is 4.98 Å². The van der Waals surface area contributed by atoms with Crippen LogP contribution in [-0.4, -0.2) is 55.8 Å². The van der Waals surface area contributed by atoms with Crippen LogP contribution < -0.4 is 20.9 Å². The Hall–Kier alpha value is -2.83. The summed E-state index contributed by atoms with van der Waals surface area (Å²) in [4.78, 5) is 37.5. The van der Waals surface area contributed by atoms with Gasteiger partial charge in [-0.2, -0.15) is 5.09 Å². The SMILES string of the molecule is CC(C)C(C)(N[P@](=O)(OC[C@H]1O[C@@H](n2ccc(=O)[nH]c2=O)[C@](C)(F)[C@@H]1O)Oc1ccccc1)C(=O)O. The third-order valence-corrected chi connectivity index (χ3v) is 7.85. The van der Waals surface area contributed by atoms with Crippen LogP contribution in [0.1, 0.15) is 33.9 Å². The molecule has 1 aromatic carbocycles. The second-order valence-electron chi connectivity index (χ2n) is 9.11. The molecule has 1 fully saturated rings. The topological polar surface area (TPSA) is 169 Å². The van der Waals surface area contributed by atoms with Crippen LogP contribution in [0.5, 0.6) is 5.75 Å². The van der Waals surface area contributed by atoms with Crippen molar-refractivity contribution in [3.8, 4) is 5.75 Å². The molecule has 2 heterocycles. The molecular formula is C22H29FN3O9P. The number of H-pyrrole nitrogens is 1. The number of benzene rings is 1. The molecule has 0 aliphatic carbocycles. The molecule has 1 unspecified atom stereocenters. The summed E-state index contributed by atoms with van der Waals surface area (Å²) in [6.45, 7) is 4.80. The van der Waals surface area contributed by atoms with Crippen molar-refractivity contribution in [3.05, 3.63) is 63.4 Å². The molecule has 14 heteroatoms.